The van der Waals surface area contributed by atoms with E-state index in [1.165, 1.54) is 68.6 Å². The molecule has 3 heterocycles. The average Bonchev–Trinajstić information content (AvgIpc) is 3.75. The van der Waals surface area contributed by atoms with Gasteiger partial charge in [0, 0.05) is 42.6 Å². The van der Waals surface area contributed by atoms with E-state index in [2.05, 4.69) is 168 Å². The first-order chi connectivity index (χ1) is 25.8. The number of para-hydroxylation sites is 1. The van der Waals surface area contributed by atoms with Gasteiger partial charge in [-0.1, -0.05) is 140 Å². The molecule has 0 radical (unpaired) electrons. The van der Waals surface area contributed by atoms with E-state index < -0.39 is 0 Å². The second kappa shape index (κ2) is 10.5. The first-order valence-corrected chi connectivity index (χ1v) is 18.5. The van der Waals surface area contributed by atoms with E-state index in [1.807, 2.05) is 11.3 Å². The fraction of sp³-hybridized carbons (Fsp3) is 0. The third-order valence-corrected chi connectivity index (χ3v) is 12.1. The minimum absolute atomic E-state index is 0.681. The Kier molecular flexibility index (Phi) is 5.65. The molecule has 0 atom stereocenters. The fourth-order valence-electron chi connectivity index (χ4n) is 8.65. The van der Waals surface area contributed by atoms with Crippen molar-refractivity contribution in [2.24, 2.45) is 0 Å². The van der Waals surface area contributed by atoms with Gasteiger partial charge in [0.2, 0.25) is 5.95 Å². The van der Waals surface area contributed by atoms with Gasteiger partial charge in [-0.15, -0.1) is 11.3 Å². The van der Waals surface area contributed by atoms with E-state index >= 15 is 0 Å². The molecule has 0 aliphatic carbocycles. The minimum atomic E-state index is 0.681. The number of benzene rings is 9. The van der Waals surface area contributed by atoms with Crippen LogP contribution in [0.2, 0.25) is 0 Å². The molecule has 0 saturated carbocycles. The van der Waals surface area contributed by atoms with Crippen molar-refractivity contribution >= 4 is 107 Å². The van der Waals surface area contributed by atoms with Gasteiger partial charge < -0.3 is 0 Å². The maximum atomic E-state index is 5.46. The Balaban J connectivity index is 1.24. The summed E-state index contributed by atoms with van der Waals surface area (Å²) in [5.41, 5.74) is 5.22. The van der Waals surface area contributed by atoms with Gasteiger partial charge in [-0.3, -0.25) is 4.57 Å². The van der Waals surface area contributed by atoms with Crippen LogP contribution in [0.15, 0.2) is 164 Å². The number of hydrogen-bond acceptors (Lipinski definition) is 3. The predicted molar refractivity (Wildman–Crippen MR) is 222 cm³/mol. The molecule has 12 rings (SSSR count). The van der Waals surface area contributed by atoms with Crippen LogP contribution in [-0.4, -0.2) is 14.5 Å². The Morgan fingerprint density at radius 2 is 1.00 bits per heavy atom. The van der Waals surface area contributed by atoms with Gasteiger partial charge >= 0.3 is 0 Å². The molecule has 0 unspecified atom stereocenters. The predicted octanol–water partition coefficient (Wildman–Crippen LogP) is 13.4. The maximum Gasteiger partial charge on any atom is 0.235 e. The third-order valence-electron chi connectivity index (χ3n) is 11.0. The normalized spacial score (nSPS) is 12.2. The van der Waals surface area contributed by atoms with Crippen LogP contribution >= 0.6 is 11.3 Å². The van der Waals surface area contributed by atoms with Crippen molar-refractivity contribution in [3.8, 4) is 17.2 Å². The SMILES string of the molecule is c1ccc(-c2nc(-n3c4ccccc4c4ccc5c6cc7c8ccccc8c8ccccc8c7cc6sc5c43)nc3c2ccc2ccccc23)cc1. The molecule has 52 heavy (non-hydrogen) atoms. The Hall–Kier alpha value is -6.62. The third kappa shape index (κ3) is 3.79. The van der Waals surface area contributed by atoms with Crippen molar-refractivity contribution in [1.82, 2.24) is 14.5 Å². The molecule has 0 N–H and O–H groups in total. The molecule has 3 aromatic heterocycles. The first-order valence-electron chi connectivity index (χ1n) is 17.7. The summed E-state index contributed by atoms with van der Waals surface area (Å²) >= 11 is 1.87. The van der Waals surface area contributed by atoms with Crippen molar-refractivity contribution in [3.63, 3.8) is 0 Å². The summed E-state index contributed by atoms with van der Waals surface area (Å²) in [5.74, 6) is 0.681. The standard InChI is InChI=1S/C48H27N3S/c1-2-13-29(14-3-1)44-38-23-22-28-12-4-5-15-30(28)45(38)50-48(49-44)51-42-21-11-10-20-35(42)36-24-25-37-41-26-39-33-18-8-6-16-31(33)32-17-7-9-19-34(32)40(39)27-43(41)52-47(37)46(36)51/h1-27H. The quantitative estimate of drug-likeness (QED) is 0.171. The molecule has 0 aliphatic heterocycles. The molecular weight excluding hydrogens is 651 g/mol. The summed E-state index contributed by atoms with van der Waals surface area (Å²) in [6.45, 7) is 0. The first kappa shape index (κ1) is 28.1. The summed E-state index contributed by atoms with van der Waals surface area (Å²) in [7, 11) is 0. The van der Waals surface area contributed by atoms with Crippen molar-refractivity contribution < 1.29 is 0 Å². The number of hydrogen-bond donors (Lipinski definition) is 0. The van der Waals surface area contributed by atoms with Gasteiger partial charge in [-0.25, -0.2) is 9.97 Å². The highest BCUT2D eigenvalue weighted by molar-refractivity contribution is 7.26. The topological polar surface area (TPSA) is 30.7 Å². The van der Waals surface area contributed by atoms with Crippen LogP contribution in [0.3, 0.4) is 0 Å². The van der Waals surface area contributed by atoms with Crippen molar-refractivity contribution in [1.29, 1.82) is 0 Å². The molecule has 9 aromatic carbocycles. The summed E-state index contributed by atoms with van der Waals surface area (Å²) < 4.78 is 4.85. The van der Waals surface area contributed by atoms with E-state index in [-0.39, 0.29) is 0 Å². The molecule has 0 aliphatic rings. The summed E-state index contributed by atoms with van der Waals surface area (Å²) in [5, 5.41) is 16.0. The Bertz CT molecular complexity index is 3470. The van der Waals surface area contributed by atoms with Gasteiger partial charge in [0.15, 0.2) is 0 Å². The second-order valence-electron chi connectivity index (χ2n) is 13.7. The summed E-state index contributed by atoms with van der Waals surface area (Å²) in [6, 6.07) is 59.3. The lowest BCUT2D eigenvalue weighted by molar-refractivity contribution is 1.02. The number of fused-ring (bicyclic) bond motifs is 16. The molecule has 0 spiro atoms. The lowest BCUT2D eigenvalue weighted by Crippen LogP contribution is -2.04. The van der Waals surface area contributed by atoms with E-state index in [4.69, 9.17) is 9.97 Å². The Labute approximate surface area is 301 Å². The van der Waals surface area contributed by atoms with Crippen LogP contribution in [0.25, 0.3) is 113 Å². The molecule has 3 nitrogen and oxygen atoms in total. The van der Waals surface area contributed by atoms with Gasteiger partial charge in [-0.05, 0) is 62.0 Å². The Morgan fingerprint density at radius 3 is 1.77 bits per heavy atom. The summed E-state index contributed by atoms with van der Waals surface area (Å²) in [6.07, 6.45) is 0. The van der Waals surface area contributed by atoms with Crippen molar-refractivity contribution in [2.45, 2.75) is 0 Å². The van der Waals surface area contributed by atoms with Crippen LogP contribution in [0.1, 0.15) is 0 Å². The van der Waals surface area contributed by atoms with Crippen LogP contribution in [0, 0.1) is 0 Å². The van der Waals surface area contributed by atoms with Gasteiger partial charge in [0.1, 0.15) is 0 Å². The van der Waals surface area contributed by atoms with Gasteiger partial charge in [0.05, 0.1) is 26.9 Å². The zero-order chi connectivity index (χ0) is 33.9. The molecule has 0 saturated heterocycles. The van der Waals surface area contributed by atoms with Crippen LogP contribution in [0.4, 0.5) is 0 Å². The van der Waals surface area contributed by atoms with E-state index in [9.17, 15) is 0 Å². The largest absolute Gasteiger partial charge is 0.276 e. The van der Waals surface area contributed by atoms with E-state index in [0.717, 1.165) is 38.6 Å². The number of thiophene rings is 1. The van der Waals surface area contributed by atoms with E-state index in [0.29, 0.717) is 5.95 Å². The van der Waals surface area contributed by atoms with Crippen molar-refractivity contribution in [2.75, 3.05) is 0 Å². The molecule has 0 amide bonds. The Morgan fingerprint density at radius 1 is 0.404 bits per heavy atom. The number of rotatable bonds is 2. The zero-order valence-electron chi connectivity index (χ0n) is 27.8. The van der Waals surface area contributed by atoms with Gasteiger partial charge in [0.25, 0.3) is 0 Å². The molecule has 240 valence electrons. The number of nitrogens with zero attached hydrogens (tertiary/aromatic N) is 3. The van der Waals surface area contributed by atoms with Crippen molar-refractivity contribution in [3.05, 3.63) is 164 Å². The lowest BCUT2D eigenvalue weighted by atomic mass is 9.93. The fourth-order valence-corrected chi connectivity index (χ4v) is 9.92. The molecule has 0 fully saturated rings. The smallest absolute Gasteiger partial charge is 0.235 e. The van der Waals surface area contributed by atoms with Crippen LogP contribution in [0.5, 0.6) is 0 Å². The minimum Gasteiger partial charge on any atom is -0.276 e. The maximum absolute atomic E-state index is 5.46. The number of aromatic nitrogens is 3. The van der Waals surface area contributed by atoms with E-state index in [1.54, 1.807) is 0 Å². The highest BCUT2D eigenvalue weighted by atomic mass is 32.1. The monoisotopic (exact) mass is 677 g/mol. The lowest BCUT2D eigenvalue weighted by Gasteiger charge is -2.13. The molecule has 12 aromatic rings. The average molecular weight is 678 g/mol. The van der Waals surface area contributed by atoms with Crippen LogP contribution < -0.4 is 0 Å². The second-order valence-corrected chi connectivity index (χ2v) is 14.8. The molecule has 0 bridgehead atoms. The summed E-state index contributed by atoms with van der Waals surface area (Å²) in [4.78, 5) is 10.9. The van der Waals surface area contributed by atoms with Gasteiger partial charge in [-0.2, -0.15) is 0 Å². The molecule has 4 heteroatoms. The highest BCUT2D eigenvalue weighted by Crippen LogP contribution is 2.46. The molecular formula is C48H27N3S. The van der Waals surface area contributed by atoms with Crippen LogP contribution in [-0.2, 0) is 0 Å². The zero-order valence-corrected chi connectivity index (χ0v) is 28.7. The highest BCUT2D eigenvalue weighted by Gasteiger charge is 2.22.